The van der Waals surface area contributed by atoms with E-state index < -0.39 is 36.9 Å². The fourth-order valence-corrected chi connectivity index (χ4v) is 3.54. The van der Waals surface area contributed by atoms with Crippen LogP contribution in [-0.4, -0.2) is 40.7 Å². The van der Waals surface area contributed by atoms with E-state index in [2.05, 4.69) is 4.98 Å². The van der Waals surface area contributed by atoms with Gasteiger partial charge in [-0.15, -0.1) is 0 Å². The van der Waals surface area contributed by atoms with E-state index in [4.69, 9.17) is 10.5 Å². The summed E-state index contributed by atoms with van der Waals surface area (Å²) in [6, 6.07) is 9.73. The van der Waals surface area contributed by atoms with Crippen LogP contribution in [0, 0.1) is 0 Å². The summed E-state index contributed by atoms with van der Waals surface area (Å²) < 4.78 is 45.5. The van der Waals surface area contributed by atoms with Gasteiger partial charge >= 0.3 is 6.43 Å². The summed E-state index contributed by atoms with van der Waals surface area (Å²) >= 11 is 0. The molecule has 5 nitrogen and oxygen atoms in total. The average molecular weight is 393 g/mol. The number of nitrogens with zero attached hydrogens (tertiary/aromatic N) is 2. The van der Waals surface area contributed by atoms with Crippen molar-refractivity contribution in [1.82, 2.24) is 9.88 Å². The second kappa shape index (κ2) is 7.89. The van der Waals surface area contributed by atoms with Gasteiger partial charge in [0, 0.05) is 18.3 Å². The van der Waals surface area contributed by atoms with E-state index in [0.717, 1.165) is 21.7 Å². The third kappa shape index (κ3) is 3.74. The van der Waals surface area contributed by atoms with E-state index in [-0.39, 0.29) is 0 Å². The second-order valence-corrected chi connectivity index (χ2v) is 7.08. The second-order valence-electron chi connectivity index (χ2n) is 7.08. The summed E-state index contributed by atoms with van der Waals surface area (Å²) in [7, 11) is 0. The molecular formula is C20H22F3N3O2. The van der Waals surface area contributed by atoms with E-state index in [1.165, 1.54) is 13.8 Å². The van der Waals surface area contributed by atoms with Crippen molar-refractivity contribution in [1.29, 1.82) is 0 Å². The zero-order valence-corrected chi connectivity index (χ0v) is 15.6. The monoisotopic (exact) mass is 393 g/mol. The van der Waals surface area contributed by atoms with Gasteiger partial charge in [-0.3, -0.25) is 9.78 Å². The summed E-state index contributed by atoms with van der Waals surface area (Å²) in [5.41, 5.74) is 7.36. The number of benzene rings is 1. The van der Waals surface area contributed by atoms with E-state index >= 15 is 0 Å². The first-order chi connectivity index (χ1) is 13.3. The lowest BCUT2D eigenvalue weighted by molar-refractivity contribution is -0.159. The average Bonchev–Trinajstić information content (AvgIpc) is 2.97. The maximum Gasteiger partial charge on any atom is 0.315 e. The van der Waals surface area contributed by atoms with Gasteiger partial charge in [-0.05, 0) is 31.0 Å². The van der Waals surface area contributed by atoms with Gasteiger partial charge < -0.3 is 15.4 Å². The number of carbonyl (C=O) groups excluding carboxylic acids is 1. The first kappa shape index (κ1) is 20.3. The van der Waals surface area contributed by atoms with Gasteiger partial charge in [0.1, 0.15) is 18.5 Å². The molecule has 1 saturated heterocycles. The Morgan fingerprint density at radius 1 is 1.21 bits per heavy atom. The molecule has 28 heavy (non-hydrogen) atoms. The Labute approximate surface area is 161 Å². The number of hydrogen-bond donors (Lipinski definition) is 1. The molecule has 1 aromatic heterocycles. The fourth-order valence-electron chi connectivity index (χ4n) is 3.54. The molecule has 1 aliphatic rings. The van der Waals surface area contributed by atoms with Crippen LogP contribution in [0.25, 0.3) is 11.1 Å². The topological polar surface area (TPSA) is 68.5 Å². The number of aromatic nitrogens is 1. The van der Waals surface area contributed by atoms with Crippen molar-refractivity contribution >= 4 is 5.91 Å². The van der Waals surface area contributed by atoms with Crippen LogP contribution < -0.4 is 5.73 Å². The Balaban J connectivity index is 1.87. The maximum atomic E-state index is 13.7. The van der Waals surface area contributed by atoms with Gasteiger partial charge in [-0.1, -0.05) is 30.3 Å². The fraction of sp³-hybridized carbons (Fsp3) is 0.400. The van der Waals surface area contributed by atoms with Crippen LogP contribution in [0.4, 0.5) is 13.2 Å². The molecule has 0 spiro atoms. The van der Waals surface area contributed by atoms with Crippen molar-refractivity contribution < 1.29 is 22.7 Å². The lowest BCUT2D eigenvalue weighted by Crippen LogP contribution is -2.51. The quantitative estimate of drug-likeness (QED) is 0.845. The van der Waals surface area contributed by atoms with Crippen LogP contribution in [-0.2, 0) is 16.1 Å². The van der Waals surface area contributed by atoms with Crippen LogP contribution >= 0.6 is 0 Å². The third-order valence-electron chi connectivity index (χ3n) is 4.87. The molecule has 2 atom stereocenters. The van der Waals surface area contributed by atoms with Crippen molar-refractivity contribution in [3.05, 3.63) is 53.9 Å². The minimum atomic E-state index is -3.22. The SMILES string of the molecule is CC1(C)OC(c2ccc(-c3ccc(CN)nc3)cc2)C(CF)N1C(=O)C(F)F. The molecule has 0 radical (unpaired) electrons. The maximum absolute atomic E-state index is 13.7. The highest BCUT2D eigenvalue weighted by Crippen LogP contribution is 2.42. The van der Waals surface area contributed by atoms with E-state index in [1.54, 1.807) is 18.3 Å². The molecule has 2 heterocycles. The van der Waals surface area contributed by atoms with E-state index in [1.807, 2.05) is 24.3 Å². The normalized spacial score (nSPS) is 21.3. The first-order valence-corrected chi connectivity index (χ1v) is 8.89. The number of halogens is 3. The van der Waals surface area contributed by atoms with Gasteiger partial charge in [-0.25, -0.2) is 4.39 Å². The Bertz CT molecular complexity index is 826. The number of rotatable bonds is 5. The summed E-state index contributed by atoms with van der Waals surface area (Å²) in [5, 5.41) is 0. The molecule has 150 valence electrons. The molecule has 2 N–H and O–H groups in total. The number of nitrogens with two attached hydrogens (primary N) is 1. The molecule has 1 amide bonds. The van der Waals surface area contributed by atoms with Crippen molar-refractivity contribution in [2.75, 3.05) is 6.67 Å². The lowest BCUT2D eigenvalue weighted by Gasteiger charge is -2.32. The minimum absolute atomic E-state index is 0.354. The molecule has 1 fully saturated rings. The Morgan fingerprint density at radius 3 is 2.36 bits per heavy atom. The number of amides is 1. The zero-order valence-electron chi connectivity index (χ0n) is 15.6. The largest absolute Gasteiger partial charge is 0.346 e. The van der Waals surface area contributed by atoms with Gasteiger partial charge in [0.05, 0.1) is 11.7 Å². The number of pyridine rings is 1. The molecule has 0 saturated carbocycles. The number of hydrogen-bond acceptors (Lipinski definition) is 4. The molecule has 0 bridgehead atoms. The Morgan fingerprint density at radius 2 is 1.86 bits per heavy atom. The highest BCUT2D eigenvalue weighted by atomic mass is 19.3. The predicted octanol–water partition coefficient (Wildman–Crippen LogP) is 3.45. The van der Waals surface area contributed by atoms with Crippen LogP contribution in [0.5, 0.6) is 0 Å². The minimum Gasteiger partial charge on any atom is -0.346 e. The summed E-state index contributed by atoms with van der Waals surface area (Å²) in [5.74, 6) is -1.43. The third-order valence-corrected chi connectivity index (χ3v) is 4.87. The Hall–Kier alpha value is -2.45. The van der Waals surface area contributed by atoms with Crippen LogP contribution in [0.1, 0.15) is 31.2 Å². The Kier molecular flexibility index (Phi) is 5.71. The summed E-state index contributed by atoms with van der Waals surface area (Å²) in [4.78, 5) is 17.0. The lowest BCUT2D eigenvalue weighted by atomic mass is 9.99. The molecule has 1 aliphatic heterocycles. The first-order valence-electron chi connectivity index (χ1n) is 8.89. The van der Waals surface area contributed by atoms with Crippen LogP contribution in [0.2, 0.25) is 0 Å². The van der Waals surface area contributed by atoms with Crippen molar-refractivity contribution in [3.8, 4) is 11.1 Å². The molecule has 2 unspecified atom stereocenters. The van der Waals surface area contributed by atoms with Crippen molar-refractivity contribution in [2.45, 2.75) is 44.7 Å². The highest BCUT2D eigenvalue weighted by molar-refractivity contribution is 5.80. The highest BCUT2D eigenvalue weighted by Gasteiger charge is 2.52. The number of carbonyl (C=O) groups is 1. The van der Waals surface area contributed by atoms with E-state index in [0.29, 0.717) is 12.1 Å². The summed E-state index contributed by atoms with van der Waals surface area (Å²) in [6.07, 6.45) is -2.35. The van der Waals surface area contributed by atoms with Crippen molar-refractivity contribution in [3.63, 3.8) is 0 Å². The molecule has 0 aliphatic carbocycles. The van der Waals surface area contributed by atoms with Crippen LogP contribution in [0.15, 0.2) is 42.6 Å². The number of ether oxygens (including phenoxy) is 1. The molecule has 8 heteroatoms. The standard InChI is InChI=1S/C20H22F3N3O2/c1-20(2)26(19(27)18(22)23)16(9-21)17(28-20)13-5-3-12(4-6-13)14-7-8-15(10-24)25-11-14/h3-8,11,16-18H,9-10,24H2,1-2H3. The molecule has 1 aromatic carbocycles. The van der Waals surface area contributed by atoms with Crippen LogP contribution in [0.3, 0.4) is 0 Å². The smallest absolute Gasteiger partial charge is 0.315 e. The molecular weight excluding hydrogens is 371 g/mol. The zero-order chi connectivity index (χ0) is 20.5. The molecule has 3 rings (SSSR count). The van der Waals surface area contributed by atoms with Gasteiger partial charge in [0.25, 0.3) is 5.91 Å². The van der Waals surface area contributed by atoms with Gasteiger partial charge in [0.2, 0.25) is 0 Å². The number of alkyl halides is 3. The predicted molar refractivity (Wildman–Crippen MR) is 98.1 cm³/mol. The van der Waals surface area contributed by atoms with Gasteiger partial charge in [-0.2, -0.15) is 8.78 Å². The molecule has 2 aromatic rings. The summed E-state index contributed by atoms with van der Waals surface area (Å²) in [6.45, 7) is 2.33. The van der Waals surface area contributed by atoms with E-state index in [9.17, 15) is 18.0 Å². The van der Waals surface area contributed by atoms with Gasteiger partial charge in [0.15, 0.2) is 0 Å². The van der Waals surface area contributed by atoms with Crippen molar-refractivity contribution in [2.24, 2.45) is 5.73 Å².